The third kappa shape index (κ3) is 5.65. The molecular formula is C14H23FN4O2. The molecule has 1 saturated heterocycles. The molecule has 0 aliphatic carbocycles. The molecular weight excluding hydrogens is 275 g/mol. The van der Waals surface area contributed by atoms with Gasteiger partial charge in [0, 0.05) is 39.4 Å². The van der Waals surface area contributed by atoms with Gasteiger partial charge in [-0.1, -0.05) is 6.58 Å². The maximum atomic E-state index is 12.3. The van der Waals surface area contributed by atoms with Crippen LogP contribution in [-0.2, 0) is 9.47 Å². The van der Waals surface area contributed by atoms with Crippen molar-refractivity contribution in [1.82, 2.24) is 4.90 Å². The first-order chi connectivity index (χ1) is 10.1. The van der Waals surface area contributed by atoms with E-state index >= 15 is 0 Å². The van der Waals surface area contributed by atoms with Gasteiger partial charge < -0.3 is 20.1 Å². The van der Waals surface area contributed by atoms with Gasteiger partial charge in [-0.3, -0.25) is 4.99 Å². The summed E-state index contributed by atoms with van der Waals surface area (Å²) in [6.07, 6.45) is 3.06. The van der Waals surface area contributed by atoms with E-state index in [0.29, 0.717) is 23.6 Å². The second kappa shape index (κ2) is 9.25. The van der Waals surface area contributed by atoms with Gasteiger partial charge in [-0.15, -0.1) is 0 Å². The van der Waals surface area contributed by atoms with Crippen molar-refractivity contribution in [2.24, 2.45) is 15.7 Å². The first kappa shape index (κ1) is 17.3. The number of hydrogen-bond donors (Lipinski definition) is 1. The average molecular weight is 298 g/mol. The fourth-order valence-corrected chi connectivity index (χ4v) is 1.87. The third-order valence-electron chi connectivity index (χ3n) is 3.14. The van der Waals surface area contributed by atoms with Gasteiger partial charge in [0.1, 0.15) is 12.4 Å². The number of aliphatic imine (C=N–C) groups is 2. The highest BCUT2D eigenvalue weighted by Gasteiger charge is 2.24. The van der Waals surface area contributed by atoms with Gasteiger partial charge in [-0.05, 0) is 6.42 Å². The van der Waals surface area contributed by atoms with Crippen LogP contribution in [0, 0.1) is 0 Å². The van der Waals surface area contributed by atoms with E-state index in [0.717, 1.165) is 19.5 Å². The Kier molecular flexibility index (Phi) is 7.63. The summed E-state index contributed by atoms with van der Waals surface area (Å²) >= 11 is 0. The molecule has 0 aromatic heterocycles. The van der Waals surface area contributed by atoms with Gasteiger partial charge in [-0.25, -0.2) is 9.38 Å². The van der Waals surface area contributed by atoms with Gasteiger partial charge in [-0.2, -0.15) is 0 Å². The standard InChI is InChI=1S/C14H23FN4O2/c1-11(21-10-12(6-15)7-16)8-18-14(17-2)19-5-4-13(9-19)20-3/h6,8,13H,1,4-5,7,9-10,16H2,2-3H3/b12-6+,17-14+,18-8-/t13-/m0/s1. The van der Waals surface area contributed by atoms with Crippen molar-refractivity contribution < 1.29 is 13.9 Å². The lowest BCUT2D eigenvalue weighted by molar-refractivity contribution is 0.114. The van der Waals surface area contributed by atoms with Crippen LogP contribution in [0.5, 0.6) is 0 Å². The van der Waals surface area contributed by atoms with E-state index in [9.17, 15) is 4.39 Å². The van der Waals surface area contributed by atoms with Crippen LogP contribution in [-0.4, -0.2) is 63.6 Å². The quantitative estimate of drug-likeness (QED) is 0.453. The minimum absolute atomic E-state index is 0.0614. The van der Waals surface area contributed by atoms with Crippen LogP contribution in [0.1, 0.15) is 6.42 Å². The molecule has 1 atom stereocenters. The smallest absolute Gasteiger partial charge is 0.220 e. The number of likely N-dealkylation sites (tertiary alicyclic amines) is 1. The zero-order chi connectivity index (χ0) is 15.7. The van der Waals surface area contributed by atoms with E-state index in [1.54, 1.807) is 14.2 Å². The molecule has 21 heavy (non-hydrogen) atoms. The summed E-state index contributed by atoms with van der Waals surface area (Å²) in [4.78, 5) is 10.4. The highest BCUT2D eigenvalue weighted by molar-refractivity contribution is 5.92. The Balaban J connectivity index is 2.48. The lowest BCUT2D eigenvalue weighted by Gasteiger charge is -2.16. The summed E-state index contributed by atoms with van der Waals surface area (Å²) in [6, 6.07) is 0. The maximum absolute atomic E-state index is 12.3. The Bertz CT molecular complexity index is 435. The number of halogens is 1. The number of methoxy groups -OCH3 is 1. The molecule has 0 unspecified atom stereocenters. The second-order valence-electron chi connectivity index (χ2n) is 4.60. The zero-order valence-electron chi connectivity index (χ0n) is 12.6. The van der Waals surface area contributed by atoms with Crippen LogP contribution in [0.25, 0.3) is 0 Å². The molecule has 118 valence electrons. The molecule has 0 aromatic carbocycles. The maximum Gasteiger partial charge on any atom is 0.220 e. The highest BCUT2D eigenvalue weighted by Crippen LogP contribution is 2.12. The SMILES string of the molecule is C=C(/C=N\C(=N/C)N1CC[C@H](OC)C1)OC/C(=C/F)CN. The fourth-order valence-electron chi connectivity index (χ4n) is 1.87. The predicted molar refractivity (Wildman–Crippen MR) is 82.2 cm³/mol. The Morgan fingerprint density at radius 3 is 2.86 bits per heavy atom. The third-order valence-corrected chi connectivity index (χ3v) is 3.14. The topological polar surface area (TPSA) is 72.4 Å². The van der Waals surface area contributed by atoms with E-state index in [1.807, 2.05) is 4.90 Å². The van der Waals surface area contributed by atoms with E-state index < -0.39 is 0 Å². The fraction of sp³-hybridized carbons (Fsp3) is 0.571. The van der Waals surface area contributed by atoms with Gasteiger partial charge >= 0.3 is 0 Å². The molecule has 7 heteroatoms. The van der Waals surface area contributed by atoms with Crippen LogP contribution in [0.15, 0.2) is 34.2 Å². The second-order valence-corrected chi connectivity index (χ2v) is 4.60. The van der Waals surface area contributed by atoms with E-state index in [2.05, 4.69) is 16.6 Å². The Labute approximate surface area is 124 Å². The molecule has 0 saturated carbocycles. The molecule has 0 amide bonds. The van der Waals surface area contributed by atoms with Crippen LogP contribution in [0.3, 0.4) is 0 Å². The first-order valence-corrected chi connectivity index (χ1v) is 6.73. The molecule has 1 aliphatic heterocycles. The summed E-state index contributed by atoms with van der Waals surface area (Å²) in [5.41, 5.74) is 5.69. The van der Waals surface area contributed by atoms with Crippen molar-refractivity contribution in [3.05, 3.63) is 24.2 Å². The van der Waals surface area contributed by atoms with Crippen molar-refractivity contribution >= 4 is 12.2 Å². The van der Waals surface area contributed by atoms with E-state index in [4.69, 9.17) is 15.2 Å². The Morgan fingerprint density at radius 2 is 2.33 bits per heavy atom. The molecule has 0 radical (unpaired) electrons. The predicted octanol–water partition coefficient (Wildman–Crippen LogP) is 1.11. The highest BCUT2D eigenvalue weighted by atomic mass is 19.1. The lowest BCUT2D eigenvalue weighted by atomic mass is 10.3. The van der Waals surface area contributed by atoms with Crippen molar-refractivity contribution in [2.45, 2.75) is 12.5 Å². The van der Waals surface area contributed by atoms with Crippen molar-refractivity contribution in [2.75, 3.05) is 40.4 Å². The molecule has 1 rings (SSSR count). The lowest BCUT2D eigenvalue weighted by Crippen LogP contribution is -2.28. The molecule has 1 heterocycles. The zero-order valence-corrected chi connectivity index (χ0v) is 12.6. The van der Waals surface area contributed by atoms with Gasteiger partial charge in [0.2, 0.25) is 5.96 Å². The van der Waals surface area contributed by atoms with E-state index in [-0.39, 0.29) is 19.3 Å². The molecule has 2 N–H and O–H groups in total. The van der Waals surface area contributed by atoms with Crippen LogP contribution in [0.4, 0.5) is 4.39 Å². The molecule has 0 bridgehead atoms. The van der Waals surface area contributed by atoms with Crippen molar-refractivity contribution in [3.63, 3.8) is 0 Å². The van der Waals surface area contributed by atoms with Crippen LogP contribution in [0.2, 0.25) is 0 Å². The number of nitrogens with two attached hydrogens (primary N) is 1. The number of ether oxygens (including phenoxy) is 2. The molecule has 6 nitrogen and oxygen atoms in total. The number of nitrogens with zero attached hydrogens (tertiary/aromatic N) is 3. The Hall–Kier alpha value is -1.73. The number of hydrogen-bond acceptors (Lipinski definition) is 4. The minimum atomic E-state index is 0.0614. The monoisotopic (exact) mass is 298 g/mol. The molecule has 1 aliphatic rings. The minimum Gasteiger partial charge on any atom is -0.488 e. The average Bonchev–Trinajstić information content (AvgIpc) is 2.98. The summed E-state index contributed by atoms with van der Waals surface area (Å²) in [5, 5.41) is 0. The number of allylic oxidation sites excluding steroid dienone is 1. The summed E-state index contributed by atoms with van der Waals surface area (Å²) in [5.74, 6) is 0.922. The van der Waals surface area contributed by atoms with Gasteiger partial charge in [0.25, 0.3) is 0 Å². The van der Waals surface area contributed by atoms with Gasteiger partial charge in [0.15, 0.2) is 0 Å². The number of rotatable bonds is 6. The van der Waals surface area contributed by atoms with E-state index in [1.165, 1.54) is 6.21 Å². The summed E-state index contributed by atoms with van der Waals surface area (Å²) in [7, 11) is 3.37. The molecule has 0 spiro atoms. The van der Waals surface area contributed by atoms with Gasteiger partial charge in [0.05, 0.1) is 18.6 Å². The van der Waals surface area contributed by atoms with Crippen molar-refractivity contribution in [1.29, 1.82) is 0 Å². The first-order valence-electron chi connectivity index (χ1n) is 6.73. The molecule has 0 aromatic rings. The normalized spacial score (nSPS) is 20.4. The Morgan fingerprint density at radius 1 is 1.57 bits per heavy atom. The number of guanidine groups is 1. The van der Waals surface area contributed by atoms with Crippen LogP contribution >= 0.6 is 0 Å². The summed E-state index contributed by atoms with van der Waals surface area (Å²) < 4.78 is 22.9. The van der Waals surface area contributed by atoms with Crippen LogP contribution < -0.4 is 5.73 Å². The molecule has 1 fully saturated rings. The largest absolute Gasteiger partial charge is 0.488 e. The summed E-state index contributed by atoms with van der Waals surface area (Å²) in [6.45, 7) is 5.47. The van der Waals surface area contributed by atoms with Crippen molar-refractivity contribution in [3.8, 4) is 0 Å².